The number of aromatic nitrogens is 1. The zero-order valence-corrected chi connectivity index (χ0v) is 12.6. The van der Waals surface area contributed by atoms with Gasteiger partial charge in [-0.05, 0) is 18.6 Å². The van der Waals surface area contributed by atoms with Gasteiger partial charge >= 0.3 is 0 Å². The average molecular weight is 327 g/mol. The first-order valence-corrected chi connectivity index (χ1v) is 7.25. The summed E-state index contributed by atoms with van der Waals surface area (Å²) in [5, 5.41) is 4.24. The third-order valence-electron chi connectivity index (χ3n) is 2.61. The minimum atomic E-state index is -0.517. The Morgan fingerprint density at radius 1 is 1.62 bits per heavy atom. The van der Waals surface area contributed by atoms with Gasteiger partial charge in [0.1, 0.15) is 10.7 Å². The number of rotatable bonds is 4. The van der Waals surface area contributed by atoms with Crippen LogP contribution in [0.15, 0.2) is 23.3 Å². The lowest BCUT2D eigenvalue weighted by molar-refractivity contribution is 0.0958. The number of nitrogens with two attached hydrogens (primary N) is 1. The second-order valence-corrected chi connectivity index (χ2v) is 5.45. The van der Waals surface area contributed by atoms with E-state index in [1.807, 2.05) is 6.92 Å². The Balaban J connectivity index is 2.12. The molecule has 0 bridgehead atoms. The van der Waals surface area contributed by atoms with E-state index >= 15 is 0 Å². The molecule has 8 heteroatoms. The Hall–Kier alpha value is -1.99. The summed E-state index contributed by atoms with van der Waals surface area (Å²) in [6.07, 6.45) is 1.74. The highest BCUT2D eigenvalue weighted by atomic mass is 35.5. The number of aryl methyl sites for hydroxylation is 1. The molecule has 0 saturated carbocycles. The Kier molecular flexibility index (Phi) is 4.87. The van der Waals surface area contributed by atoms with E-state index in [0.717, 1.165) is 17.6 Å². The molecule has 5 nitrogen and oxygen atoms in total. The summed E-state index contributed by atoms with van der Waals surface area (Å²) >= 11 is 6.92. The smallest absolute Gasteiger partial charge is 0.283 e. The Morgan fingerprint density at radius 3 is 3.05 bits per heavy atom. The minimum Gasteiger partial charge on any atom is -0.375 e. The maximum atomic E-state index is 13.5. The van der Waals surface area contributed by atoms with Crippen molar-refractivity contribution in [3.8, 4) is 0 Å². The predicted molar refractivity (Wildman–Crippen MR) is 82.4 cm³/mol. The van der Waals surface area contributed by atoms with Crippen LogP contribution in [0.5, 0.6) is 0 Å². The van der Waals surface area contributed by atoms with Gasteiger partial charge in [0, 0.05) is 5.56 Å². The molecule has 1 aromatic heterocycles. The van der Waals surface area contributed by atoms with Crippen molar-refractivity contribution < 1.29 is 9.18 Å². The normalized spacial score (nSPS) is 11.0. The number of thiazole rings is 1. The third kappa shape index (κ3) is 3.56. The van der Waals surface area contributed by atoms with Gasteiger partial charge in [-0.2, -0.15) is 5.10 Å². The van der Waals surface area contributed by atoms with E-state index in [0.29, 0.717) is 22.1 Å². The molecule has 1 aromatic carbocycles. The third-order valence-corrected chi connectivity index (χ3v) is 3.87. The molecule has 0 spiro atoms. The van der Waals surface area contributed by atoms with Gasteiger partial charge in [0.05, 0.1) is 16.9 Å². The highest BCUT2D eigenvalue weighted by Gasteiger charge is 2.15. The maximum Gasteiger partial charge on any atom is 0.283 e. The van der Waals surface area contributed by atoms with Gasteiger partial charge in [-0.3, -0.25) is 4.79 Å². The Morgan fingerprint density at radius 2 is 2.38 bits per heavy atom. The van der Waals surface area contributed by atoms with Crippen LogP contribution >= 0.6 is 22.9 Å². The number of nitrogen functional groups attached to an aromatic ring is 1. The van der Waals surface area contributed by atoms with Gasteiger partial charge in [0.15, 0.2) is 5.13 Å². The lowest BCUT2D eigenvalue weighted by Crippen LogP contribution is -2.18. The number of hydrogen-bond donors (Lipinski definition) is 2. The van der Waals surface area contributed by atoms with Crippen LogP contribution in [0.2, 0.25) is 5.02 Å². The standard InChI is InChI=1S/C13H12ClFN4OS/c1-2-10-11(21-13(16)18-10)12(20)19-17-6-7-8(14)4-3-5-9(7)15/h3-6H,2H2,1H3,(H2,16,18)(H,19,20)/b17-6+. The molecule has 0 atom stereocenters. The molecule has 0 fully saturated rings. The Bertz CT molecular complexity index is 681. The molecular weight excluding hydrogens is 315 g/mol. The van der Waals surface area contributed by atoms with E-state index in [2.05, 4.69) is 15.5 Å². The highest BCUT2D eigenvalue weighted by molar-refractivity contribution is 7.17. The topological polar surface area (TPSA) is 80.4 Å². The fraction of sp³-hybridized carbons (Fsp3) is 0.154. The zero-order chi connectivity index (χ0) is 15.4. The van der Waals surface area contributed by atoms with Gasteiger partial charge in [0.2, 0.25) is 0 Å². The predicted octanol–water partition coefficient (Wildman–Crippen LogP) is 2.84. The first-order valence-electron chi connectivity index (χ1n) is 6.05. The Labute approximate surface area is 129 Å². The fourth-order valence-corrected chi connectivity index (χ4v) is 2.65. The first kappa shape index (κ1) is 15.4. The van der Waals surface area contributed by atoms with Gasteiger partial charge in [-0.25, -0.2) is 14.8 Å². The number of carbonyl (C=O) groups is 1. The fourth-order valence-electron chi connectivity index (χ4n) is 1.63. The first-order chi connectivity index (χ1) is 10.0. The van der Waals surface area contributed by atoms with E-state index in [1.165, 1.54) is 18.2 Å². The molecular formula is C13H12ClFN4OS. The second-order valence-electron chi connectivity index (χ2n) is 4.02. The van der Waals surface area contributed by atoms with Crippen LogP contribution in [-0.2, 0) is 6.42 Å². The van der Waals surface area contributed by atoms with Crippen molar-refractivity contribution in [2.24, 2.45) is 5.10 Å². The van der Waals surface area contributed by atoms with Gasteiger partial charge in [-0.1, -0.05) is 35.9 Å². The number of hydrogen-bond acceptors (Lipinski definition) is 5. The summed E-state index contributed by atoms with van der Waals surface area (Å²) < 4.78 is 13.5. The number of anilines is 1. The molecule has 0 saturated heterocycles. The number of nitrogens with one attached hydrogen (secondary N) is 1. The second kappa shape index (κ2) is 6.64. The molecule has 1 amide bonds. The number of benzene rings is 1. The molecule has 0 unspecified atom stereocenters. The van der Waals surface area contributed by atoms with Crippen LogP contribution in [0.4, 0.5) is 9.52 Å². The van der Waals surface area contributed by atoms with Crippen LogP contribution < -0.4 is 11.2 Å². The average Bonchev–Trinajstić information content (AvgIpc) is 2.83. The van der Waals surface area contributed by atoms with Crippen molar-refractivity contribution in [2.75, 3.05) is 5.73 Å². The van der Waals surface area contributed by atoms with Crippen molar-refractivity contribution in [1.29, 1.82) is 0 Å². The lowest BCUT2D eigenvalue weighted by atomic mass is 10.2. The van der Waals surface area contributed by atoms with Crippen LogP contribution in [0.3, 0.4) is 0 Å². The number of nitrogens with zero attached hydrogens (tertiary/aromatic N) is 2. The summed E-state index contributed by atoms with van der Waals surface area (Å²) in [4.78, 5) is 16.4. The summed E-state index contributed by atoms with van der Waals surface area (Å²) in [5.41, 5.74) is 8.60. The quantitative estimate of drug-likeness (QED) is 0.669. The molecule has 0 aliphatic carbocycles. The molecule has 0 aliphatic heterocycles. The van der Waals surface area contributed by atoms with Crippen molar-refractivity contribution in [2.45, 2.75) is 13.3 Å². The lowest BCUT2D eigenvalue weighted by Gasteiger charge is -2.00. The van der Waals surface area contributed by atoms with Crippen molar-refractivity contribution >= 4 is 40.2 Å². The monoisotopic (exact) mass is 326 g/mol. The van der Waals surface area contributed by atoms with Crippen LogP contribution in [0, 0.1) is 5.82 Å². The van der Waals surface area contributed by atoms with Crippen molar-refractivity contribution in [3.63, 3.8) is 0 Å². The molecule has 3 N–H and O–H groups in total. The number of amides is 1. The summed E-state index contributed by atoms with van der Waals surface area (Å²) in [6.45, 7) is 1.87. The molecule has 110 valence electrons. The molecule has 0 aliphatic rings. The summed E-state index contributed by atoms with van der Waals surface area (Å²) in [7, 11) is 0. The van der Waals surface area contributed by atoms with Gasteiger partial charge in [-0.15, -0.1) is 0 Å². The molecule has 2 aromatic rings. The maximum absolute atomic E-state index is 13.5. The number of hydrazone groups is 1. The zero-order valence-electron chi connectivity index (χ0n) is 11.1. The largest absolute Gasteiger partial charge is 0.375 e. The van der Waals surface area contributed by atoms with Crippen molar-refractivity contribution in [3.05, 3.63) is 45.2 Å². The van der Waals surface area contributed by atoms with Gasteiger partial charge < -0.3 is 5.73 Å². The van der Waals surface area contributed by atoms with Crippen LogP contribution in [0.25, 0.3) is 0 Å². The molecule has 0 radical (unpaired) electrons. The summed E-state index contributed by atoms with van der Waals surface area (Å²) in [6, 6.07) is 4.28. The molecule has 2 rings (SSSR count). The number of halogens is 2. The SMILES string of the molecule is CCc1nc(N)sc1C(=O)N/N=C/c1c(F)cccc1Cl. The number of carbonyl (C=O) groups excluding carboxylic acids is 1. The van der Waals surface area contributed by atoms with E-state index < -0.39 is 11.7 Å². The minimum absolute atomic E-state index is 0.110. The van der Waals surface area contributed by atoms with Crippen LogP contribution in [0.1, 0.15) is 27.9 Å². The van der Waals surface area contributed by atoms with E-state index in [1.54, 1.807) is 0 Å². The van der Waals surface area contributed by atoms with Crippen LogP contribution in [-0.4, -0.2) is 17.1 Å². The van der Waals surface area contributed by atoms with Gasteiger partial charge in [0.25, 0.3) is 5.91 Å². The molecule has 21 heavy (non-hydrogen) atoms. The summed E-state index contributed by atoms with van der Waals surface area (Å²) in [5.74, 6) is -0.957. The van der Waals surface area contributed by atoms with E-state index in [4.69, 9.17) is 17.3 Å². The highest BCUT2D eigenvalue weighted by Crippen LogP contribution is 2.21. The van der Waals surface area contributed by atoms with E-state index in [-0.39, 0.29) is 10.6 Å². The molecule has 1 heterocycles. The van der Waals surface area contributed by atoms with Crippen molar-refractivity contribution in [1.82, 2.24) is 10.4 Å². The van der Waals surface area contributed by atoms with E-state index in [9.17, 15) is 9.18 Å².